The van der Waals surface area contributed by atoms with Gasteiger partial charge in [-0.05, 0) is 35.0 Å². The van der Waals surface area contributed by atoms with E-state index in [1.165, 1.54) is 12.1 Å². The van der Waals surface area contributed by atoms with E-state index in [1.807, 2.05) is 0 Å². The molecule has 0 spiro atoms. The van der Waals surface area contributed by atoms with Crippen molar-refractivity contribution in [2.75, 3.05) is 0 Å². The van der Waals surface area contributed by atoms with Crippen LogP contribution in [0.5, 0.6) is 0 Å². The normalized spacial score (nSPS) is 11.6. The minimum Gasteiger partial charge on any atom is -0.246 e. The van der Waals surface area contributed by atoms with Crippen LogP contribution in [0, 0.1) is 6.92 Å². The Kier molecular flexibility index (Phi) is 2.75. The Hall–Kier alpha value is -0.130. The number of aromatic nitrogens is 1. The first-order valence-electron chi connectivity index (χ1n) is 2.98. The predicted molar refractivity (Wildman–Crippen MR) is 49.7 cm³/mol. The van der Waals surface area contributed by atoms with Gasteiger partial charge in [0.2, 0.25) is 0 Å². The smallest absolute Gasteiger partial charge is 0.246 e. The zero-order chi connectivity index (χ0) is 9.35. The van der Waals surface area contributed by atoms with Crippen LogP contribution >= 0.6 is 26.6 Å². The zero-order valence-corrected chi connectivity index (χ0v) is 9.24. The van der Waals surface area contributed by atoms with Crippen LogP contribution in [0.1, 0.15) is 5.69 Å². The van der Waals surface area contributed by atoms with Crippen molar-refractivity contribution < 1.29 is 8.42 Å². The van der Waals surface area contributed by atoms with Crippen molar-refractivity contribution in [3.63, 3.8) is 0 Å². The number of hydrogen-bond acceptors (Lipinski definition) is 3. The van der Waals surface area contributed by atoms with E-state index in [1.54, 1.807) is 6.92 Å². The summed E-state index contributed by atoms with van der Waals surface area (Å²) in [5, 5.41) is 0. The third-order valence-corrected chi connectivity index (χ3v) is 2.92. The van der Waals surface area contributed by atoms with Crippen molar-refractivity contribution in [3.05, 3.63) is 22.4 Å². The fourth-order valence-corrected chi connectivity index (χ4v) is 2.25. The average molecular weight is 271 g/mol. The standard InChI is InChI=1S/C6H5BrClNO2S/c1-4-2-5(12(8,10)11)3-6(7)9-4/h2-3H,1H3. The maximum absolute atomic E-state index is 10.9. The Bertz CT molecular complexity index is 384. The van der Waals surface area contributed by atoms with Crippen molar-refractivity contribution in [2.24, 2.45) is 0 Å². The Morgan fingerprint density at radius 3 is 2.50 bits per heavy atom. The molecular weight excluding hydrogens is 265 g/mol. The monoisotopic (exact) mass is 269 g/mol. The second-order valence-electron chi connectivity index (χ2n) is 2.20. The van der Waals surface area contributed by atoms with E-state index in [0.29, 0.717) is 10.3 Å². The van der Waals surface area contributed by atoms with Gasteiger partial charge in [0.1, 0.15) is 4.60 Å². The number of aryl methyl sites for hydroxylation is 1. The lowest BCUT2D eigenvalue weighted by molar-refractivity contribution is 0.609. The molecule has 1 heterocycles. The molecule has 0 aliphatic carbocycles. The highest BCUT2D eigenvalue weighted by Crippen LogP contribution is 2.19. The molecule has 66 valence electrons. The lowest BCUT2D eigenvalue weighted by atomic mass is 10.4. The first-order chi connectivity index (χ1) is 5.39. The minimum atomic E-state index is -3.65. The van der Waals surface area contributed by atoms with Gasteiger partial charge in [-0.15, -0.1) is 0 Å². The van der Waals surface area contributed by atoms with Crippen LogP contribution in [0.25, 0.3) is 0 Å². The summed E-state index contributed by atoms with van der Waals surface area (Å²) in [6.45, 7) is 1.69. The van der Waals surface area contributed by atoms with E-state index >= 15 is 0 Å². The van der Waals surface area contributed by atoms with Crippen LogP contribution in [0.2, 0.25) is 0 Å². The van der Waals surface area contributed by atoms with Crippen molar-refractivity contribution in [2.45, 2.75) is 11.8 Å². The molecule has 0 unspecified atom stereocenters. The van der Waals surface area contributed by atoms with E-state index < -0.39 is 9.05 Å². The van der Waals surface area contributed by atoms with Gasteiger partial charge >= 0.3 is 0 Å². The molecule has 0 aliphatic heterocycles. The van der Waals surface area contributed by atoms with Crippen LogP contribution in [0.4, 0.5) is 0 Å². The van der Waals surface area contributed by atoms with Crippen molar-refractivity contribution in [1.29, 1.82) is 0 Å². The predicted octanol–water partition coefficient (Wildman–Crippen LogP) is 2.08. The fraction of sp³-hybridized carbons (Fsp3) is 0.167. The van der Waals surface area contributed by atoms with Gasteiger partial charge in [0.05, 0.1) is 4.90 Å². The summed E-state index contributed by atoms with van der Waals surface area (Å²) < 4.78 is 22.2. The van der Waals surface area contributed by atoms with Crippen LogP contribution in [-0.4, -0.2) is 13.4 Å². The maximum atomic E-state index is 10.9. The molecule has 0 fully saturated rings. The van der Waals surface area contributed by atoms with Gasteiger partial charge in [0.25, 0.3) is 9.05 Å². The Labute approximate surface area is 83.3 Å². The molecule has 3 nitrogen and oxygen atoms in total. The van der Waals surface area contributed by atoms with Crippen molar-refractivity contribution in [3.8, 4) is 0 Å². The Balaban J connectivity index is 3.37. The number of hydrogen-bond donors (Lipinski definition) is 0. The summed E-state index contributed by atoms with van der Waals surface area (Å²) in [5.74, 6) is 0. The lowest BCUT2D eigenvalue weighted by Crippen LogP contribution is -1.93. The summed E-state index contributed by atoms with van der Waals surface area (Å²) >= 11 is 3.07. The van der Waals surface area contributed by atoms with Crippen LogP contribution < -0.4 is 0 Å². The molecule has 0 bridgehead atoms. The van der Waals surface area contributed by atoms with Crippen LogP contribution in [0.15, 0.2) is 21.6 Å². The maximum Gasteiger partial charge on any atom is 0.261 e. The molecule has 0 saturated carbocycles. The topological polar surface area (TPSA) is 47.0 Å². The average Bonchev–Trinajstić information content (AvgIpc) is 1.82. The van der Waals surface area contributed by atoms with Gasteiger partial charge in [0.15, 0.2) is 0 Å². The molecule has 0 atom stereocenters. The molecule has 1 aromatic heterocycles. The summed E-state index contributed by atoms with van der Waals surface area (Å²) in [6.07, 6.45) is 0. The van der Waals surface area contributed by atoms with Gasteiger partial charge in [-0.25, -0.2) is 13.4 Å². The van der Waals surface area contributed by atoms with Gasteiger partial charge in [0, 0.05) is 16.4 Å². The minimum absolute atomic E-state index is 0.0588. The number of nitrogens with zero attached hydrogens (tertiary/aromatic N) is 1. The highest BCUT2D eigenvalue weighted by atomic mass is 79.9. The second kappa shape index (κ2) is 3.32. The number of rotatable bonds is 1. The summed E-state index contributed by atoms with van der Waals surface area (Å²) in [4.78, 5) is 4.00. The van der Waals surface area contributed by atoms with E-state index in [4.69, 9.17) is 10.7 Å². The highest BCUT2D eigenvalue weighted by Gasteiger charge is 2.11. The second-order valence-corrected chi connectivity index (χ2v) is 5.58. The highest BCUT2D eigenvalue weighted by molar-refractivity contribution is 9.10. The van der Waals surface area contributed by atoms with E-state index in [0.717, 1.165) is 0 Å². The molecular formula is C6H5BrClNO2S. The number of pyridine rings is 1. The molecule has 0 aromatic carbocycles. The quantitative estimate of drug-likeness (QED) is 0.580. The van der Waals surface area contributed by atoms with Gasteiger partial charge in [-0.3, -0.25) is 0 Å². The largest absolute Gasteiger partial charge is 0.261 e. The molecule has 6 heteroatoms. The molecule has 0 radical (unpaired) electrons. The third-order valence-electron chi connectivity index (χ3n) is 1.18. The third kappa shape index (κ3) is 2.43. The Morgan fingerprint density at radius 1 is 1.50 bits per heavy atom. The van der Waals surface area contributed by atoms with Crippen molar-refractivity contribution >= 4 is 35.7 Å². The summed E-state index contributed by atoms with van der Waals surface area (Å²) in [5.41, 5.74) is 0.601. The molecule has 0 saturated heterocycles. The van der Waals surface area contributed by atoms with Crippen molar-refractivity contribution in [1.82, 2.24) is 4.98 Å². The fourth-order valence-electron chi connectivity index (χ4n) is 0.739. The molecule has 0 aliphatic rings. The van der Waals surface area contributed by atoms with Crippen LogP contribution in [-0.2, 0) is 9.05 Å². The lowest BCUT2D eigenvalue weighted by Gasteiger charge is -1.98. The van der Waals surface area contributed by atoms with Crippen LogP contribution in [0.3, 0.4) is 0 Å². The Morgan fingerprint density at radius 2 is 2.08 bits per heavy atom. The molecule has 0 amide bonds. The SMILES string of the molecule is Cc1cc(S(=O)(=O)Cl)cc(Br)n1. The molecule has 0 N–H and O–H groups in total. The van der Waals surface area contributed by atoms with Gasteiger partial charge in [-0.1, -0.05) is 0 Å². The molecule has 1 rings (SSSR count). The zero-order valence-electron chi connectivity index (χ0n) is 6.08. The first kappa shape index (κ1) is 9.95. The molecule has 1 aromatic rings. The summed E-state index contributed by atoms with van der Waals surface area (Å²) in [7, 11) is 1.48. The van der Waals surface area contributed by atoms with Gasteiger partial charge < -0.3 is 0 Å². The van der Waals surface area contributed by atoms with E-state index in [-0.39, 0.29) is 4.90 Å². The van der Waals surface area contributed by atoms with E-state index in [9.17, 15) is 8.42 Å². The summed E-state index contributed by atoms with van der Waals surface area (Å²) in [6, 6.07) is 2.77. The first-order valence-corrected chi connectivity index (χ1v) is 6.08. The number of halogens is 2. The molecule has 12 heavy (non-hydrogen) atoms. The van der Waals surface area contributed by atoms with E-state index in [2.05, 4.69) is 20.9 Å². The van der Waals surface area contributed by atoms with Gasteiger partial charge in [-0.2, -0.15) is 0 Å².